The van der Waals surface area contributed by atoms with Crippen molar-refractivity contribution in [2.24, 2.45) is 0 Å². The van der Waals surface area contributed by atoms with Gasteiger partial charge in [-0.1, -0.05) is 24.3 Å². The number of halogens is 1. The van der Waals surface area contributed by atoms with E-state index in [0.29, 0.717) is 29.4 Å². The molecule has 174 valence electrons. The molecule has 4 rings (SSSR count). The monoisotopic (exact) mass is 460 g/mol. The van der Waals surface area contributed by atoms with E-state index in [4.69, 9.17) is 9.47 Å². The van der Waals surface area contributed by atoms with Crippen LogP contribution in [0.1, 0.15) is 26.3 Å². The number of amides is 2. The van der Waals surface area contributed by atoms with E-state index in [2.05, 4.69) is 5.32 Å². The molecule has 0 aromatic heterocycles. The number of benzene rings is 3. The molecule has 7 heteroatoms. The van der Waals surface area contributed by atoms with Crippen molar-refractivity contribution in [3.05, 3.63) is 89.9 Å². The van der Waals surface area contributed by atoms with E-state index < -0.39 is 17.6 Å². The molecule has 0 bridgehead atoms. The number of hydrogen-bond donors (Lipinski definition) is 1. The molecule has 0 aliphatic carbocycles. The minimum atomic E-state index is -0.661. The Morgan fingerprint density at radius 3 is 2.15 bits per heavy atom. The number of nitrogens with zero attached hydrogens (tertiary/aromatic N) is 1. The molecule has 6 nitrogen and oxygen atoms in total. The van der Waals surface area contributed by atoms with Crippen LogP contribution in [0, 0.1) is 5.82 Å². The van der Waals surface area contributed by atoms with Gasteiger partial charge in [-0.05, 0) is 74.9 Å². The van der Waals surface area contributed by atoms with E-state index in [1.807, 2.05) is 20.8 Å². The van der Waals surface area contributed by atoms with Gasteiger partial charge in [-0.2, -0.15) is 0 Å². The Hall–Kier alpha value is -4.13. The van der Waals surface area contributed by atoms with Crippen LogP contribution in [0.2, 0.25) is 0 Å². The first-order valence-electron chi connectivity index (χ1n) is 11.0. The maximum absolute atomic E-state index is 14.5. The molecule has 2 amide bonds. The fourth-order valence-electron chi connectivity index (χ4n) is 3.68. The zero-order valence-corrected chi connectivity index (χ0v) is 19.2. The summed E-state index contributed by atoms with van der Waals surface area (Å²) in [5.41, 5.74) is 1.22. The van der Waals surface area contributed by atoms with Crippen LogP contribution < -0.4 is 19.7 Å². The summed E-state index contributed by atoms with van der Waals surface area (Å²) in [5.74, 6) is -0.581. The highest BCUT2D eigenvalue weighted by Gasteiger charge is 2.41. The number of anilines is 2. The molecule has 0 unspecified atom stereocenters. The lowest BCUT2D eigenvalue weighted by molar-refractivity contribution is -0.120. The molecule has 1 N–H and O–H groups in total. The molecule has 0 saturated carbocycles. The van der Waals surface area contributed by atoms with Crippen LogP contribution in [0.15, 0.2) is 78.5 Å². The van der Waals surface area contributed by atoms with Gasteiger partial charge in [0.15, 0.2) is 0 Å². The Bertz CT molecular complexity index is 1230. The summed E-state index contributed by atoms with van der Waals surface area (Å²) in [6.45, 7) is 6.26. The second kappa shape index (κ2) is 9.79. The predicted molar refractivity (Wildman–Crippen MR) is 129 cm³/mol. The number of rotatable bonds is 8. The zero-order chi connectivity index (χ0) is 24.2. The summed E-state index contributed by atoms with van der Waals surface area (Å²) in [6, 6.07) is 19.6. The van der Waals surface area contributed by atoms with Gasteiger partial charge >= 0.3 is 0 Å². The summed E-state index contributed by atoms with van der Waals surface area (Å²) >= 11 is 0. The highest BCUT2D eigenvalue weighted by Crippen LogP contribution is 2.35. The van der Waals surface area contributed by atoms with Crippen LogP contribution >= 0.6 is 0 Å². The van der Waals surface area contributed by atoms with Crippen molar-refractivity contribution in [3.8, 4) is 11.5 Å². The molecule has 0 saturated heterocycles. The topological polar surface area (TPSA) is 67.9 Å². The SMILES string of the molecule is CCOc1ccc(NC2=C(c3ccc(OC(C)C)cc3)C(=O)N(c3ccccc3F)C2=O)cc1. The number of para-hydroxylation sites is 1. The molecule has 34 heavy (non-hydrogen) atoms. The van der Waals surface area contributed by atoms with Crippen LogP contribution in [-0.2, 0) is 9.59 Å². The summed E-state index contributed by atoms with van der Waals surface area (Å²) in [5, 5.41) is 3.06. The predicted octanol–water partition coefficient (Wildman–Crippen LogP) is 5.41. The van der Waals surface area contributed by atoms with Gasteiger partial charge in [-0.3, -0.25) is 9.59 Å². The van der Waals surface area contributed by atoms with Crippen molar-refractivity contribution in [1.82, 2.24) is 0 Å². The van der Waals surface area contributed by atoms with Crippen LogP contribution in [0.5, 0.6) is 11.5 Å². The lowest BCUT2D eigenvalue weighted by Gasteiger charge is -2.16. The van der Waals surface area contributed by atoms with Crippen LogP contribution in [0.3, 0.4) is 0 Å². The fraction of sp³-hybridized carbons (Fsp3) is 0.185. The smallest absolute Gasteiger partial charge is 0.282 e. The molecule has 1 aliphatic heterocycles. The van der Waals surface area contributed by atoms with Crippen molar-refractivity contribution in [2.75, 3.05) is 16.8 Å². The first-order valence-corrected chi connectivity index (χ1v) is 11.0. The average molecular weight is 461 g/mol. The third-order valence-electron chi connectivity index (χ3n) is 5.13. The van der Waals surface area contributed by atoms with Crippen molar-refractivity contribution in [3.63, 3.8) is 0 Å². The van der Waals surface area contributed by atoms with Crippen LogP contribution in [0.25, 0.3) is 5.57 Å². The van der Waals surface area contributed by atoms with Gasteiger partial charge in [0.1, 0.15) is 23.0 Å². The summed E-state index contributed by atoms with van der Waals surface area (Å²) in [4.78, 5) is 27.7. The minimum absolute atomic E-state index is 0.00631. The average Bonchev–Trinajstić information content (AvgIpc) is 3.05. The van der Waals surface area contributed by atoms with Gasteiger partial charge in [0, 0.05) is 5.69 Å². The third kappa shape index (κ3) is 4.64. The Morgan fingerprint density at radius 1 is 0.882 bits per heavy atom. The van der Waals surface area contributed by atoms with E-state index >= 15 is 0 Å². The molecule has 3 aromatic carbocycles. The molecular weight excluding hydrogens is 435 g/mol. The third-order valence-corrected chi connectivity index (χ3v) is 5.13. The normalized spacial score (nSPS) is 13.6. The Kier molecular flexibility index (Phi) is 6.63. The summed E-state index contributed by atoms with van der Waals surface area (Å²) in [6.07, 6.45) is -0.00631. The first-order chi connectivity index (χ1) is 16.4. The fourth-order valence-corrected chi connectivity index (χ4v) is 3.68. The van der Waals surface area contributed by atoms with E-state index in [0.717, 1.165) is 4.90 Å². The first kappa shape index (κ1) is 23.0. The highest BCUT2D eigenvalue weighted by molar-refractivity contribution is 6.46. The molecule has 1 aliphatic rings. The number of imide groups is 1. The Balaban J connectivity index is 1.75. The Labute approximate surface area is 197 Å². The van der Waals surface area contributed by atoms with Gasteiger partial charge in [0.2, 0.25) is 0 Å². The summed E-state index contributed by atoms with van der Waals surface area (Å²) in [7, 11) is 0. The largest absolute Gasteiger partial charge is 0.494 e. The van der Waals surface area contributed by atoms with E-state index in [1.165, 1.54) is 18.2 Å². The van der Waals surface area contributed by atoms with Gasteiger partial charge < -0.3 is 14.8 Å². The van der Waals surface area contributed by atoms with Crippen molar-refractivity contribution < 1.29 is 23.5 Å². The van der Waals surface area contributed by atoms with E-state index in [1.54, 1.807) is 54.6 Å². The van der Waals surface area contributed by atoms with Gasteiger partial charge in [0.05, 0.1) is 24.0 Å². The highest BCUT2D eigenvalue weighted by atomic mass is 19.1. The molecule has 1 heterocycles. The lowest BCUT2D eigenvalue weighted by atomic mass is 10.0. The minimum Gasteiger partial charge on any atom is -0.494 e. The van der Waals surface area contributed by atoms with Gasteiger partial charge in [-0.25, -0.2) is 9.29 Å². The molecule has 0 spiro atoms. The van der Waals surface area contributed by atoms with Crippen molar-refractivity contribution in [2.45, 2.75) is 26.9 Å². The maximum atomic E-state index is 14.5. The number of ether oxygens (including phenoxy) is 2. The van der Waals surface area contributed by atoms with Crippen LogP contribution in [0.4, 0.5) is 15.8 Å². The lowest BCUT2D eigenvalue weighted by Crippen LogP contribution is -2.33. The maximum Gasteiger partial charge on any atom is 0.282 e. The Morgan fingerprint density at radius 2 is 1.53 bits per heavy atom. The second-order valence-corrected chi connectivity index (χ2v) is 7.92. The quantitative estimate of drug-likeness (QED) is 0.456. The molecule has 0 atom stereocenters. The molecule has 0 fully saturated rings. The van der Waals surface area contributed by atoms with E-state index in [9.17, 15) is 14.0 Å². The number of hydrogen-bond acceptors (Lipinski definition) is 5. The van der Waals surface area contributed by atoms with Gasteiger partial charge in [0.25, 0.3) is 11.8 Å². The summed E-state index contributed by atoms with van der Waals surface area (Å²) < 4.78 is 25.7. The molecule has 0 radical (unpaired) electrons. The van der Waals surface area contributed by atoms with Gasteiger partial charge in [-0.15, -0.1) is 0 Å². The van der Waals surface area contributed by atoms with Crippen LogP contribution in [-0.4, -0.2) is 24.5 Å². The number of carbonyl (C=O) groups is 2. The standard InChI is InChI=1S/C27H25FN2O4/c1-4-33-20-15-11-19(12-16-20)29-25-24(18-9-13-21(14-10-18)34-17(2)3)26(31)30(27(25)32)23-8-6-5-7-22(23)28/h5-17,29H,4H2,1-3H3. The molecular formula is C27H25FN2O4. The van der Waals surface area contributed by atoms with Crippen molar-refractivity contribution in [1.29, 1.82) is 0 Å². The zero-order valence-electron chi connectivity index (χ0n) is 19.2. The van der Waals surface area contributed by atoms with Crippen molar-refractivity contribution >= 4 is 28.8 Å². The van der Waals surface area contributed by atoms with E-state index in [-0.39, 0.29) is 23.1 Å². The molecule has 3 aromatic rings. The second-order valence-electron chi connectivity index (χ2n) is 7.92. The number of carbonyl (C=O) groups excluding carboxylic acids is 2. The number of nitrogens with one attached hydrogen (secondary N) is 1.